The molecule has 22 heavy (non-hydrogen) atoms. The van der Waals surface area contributed by atoms with E-state index in [1.54, 1.807) is 19.1 Å². The first-order valence-corrected chi connectivity index (χ1v) is 7.26. The average Bonchev–Trinajstić information content (AvgIpc) is 3.02. The second-order valence-corrected chi connectivity index (χ2v) is 5.48. The Morgan fingerprint density at radius 3 is 2.50 bits per heavy atom. The van der Waals surface area contributed by atoms with Crippen molar-refractivity contribution in [2.75, 3.05) is 27.8 Å². The van der Waals surface area contributed by atoms with E-state index in [0.29, 0.717) is 18.0 Å². The van der Waals surface area contributed by atoms with Gasteiger partial charge >= 0.3 is 0 Å². The standard InChI is InChI=1S/C16H24N2O3.ClH/c1-11-8-14(20-3)15(21-4)9-12(11)10-18(2)16(19)13-6-5-7-17-13;/h8-9,13,17H,5-7,10H2,1-4H3;1H. The van der Waals surface area contributed by atoms with Gasteiger partial charge in [-0.2, -0.15) is 0 Å². The molecular weight excluding hydrogens is 304 g/mol. The molecule has 0 aliphatic carbocycles. The third kappa shape index (κ3) is 4.05. The van der Waals surface area contributed by atoms with Crippen LogP contribution in [0, 0.1) is 6.92 Å². The Kier molecular flexibility index (Phi) is 6.97. The Morgan fingerprint density at radius 2 is 1.95 bits per heavy atom. The van der Waals surface area contributed by atoms with Crippen molar-refractivity contribution in [2.45, 2.75) is 32.4 Å². The van der Waals surface area contributed by atoms with Crippen LogP contribution in [0.15, 0.2) is 12.1 Å². The molecule has 2 rings (SSSR count). The number of hydrogen-bond acceptors (Lipinski definition) is 4. The van der Waals surface area contributed by atoms with Crippen LogP contribution in [0.4, 0.5) is 0 Å². The summed E-state index contributed by atoms with van der Waals surface area (Å²) in [6.45, 7) is 3.52. The van der Waals surface area contributed by atoms with Crippen molar-refractivity contribution in [2.24, 2.45) is 0 Å². The van der Waals surface area contributed by atoms with Crippen LogP contribution in [-0.4, -0.2) is 44.7 Å². The number of likely N-dealkylation sites (N-methyl/N-ethyl adjacent to an activating group) is 1. The fourth-order valence-corrected chi connectivity index (χ4v) is 2.69. The number of benzene rings is 1. The maximum atomic E-state index is 12.3. The molecule has 1 aliphatic rings. The van der Waals surface area contributed by atoms with E-state index in [1.807, 2.05) is 26.1 Å². The summed E-state index contributed by atoms with van der Waals surface area (Å²) in [5.41, 5.74) is 2.16. The first kappa shape index (κ1) is 18.6. The number of methoxy groups -OCH3 is 2. The van der Waals surface area contributed by atoms with Gasteiger partial charge < -0.3 is 19.7 Å². The van der Waals surface area contributed by atoms with E-state index in [2.05, 4.69) is 5.32 Å². The Bertz CT molecular complexity index is 516. The molecule has 6 heteroatoms. The van der Waals surface area contributed by atoms with Gasteiger partial charge in [-0.25, -0.2) is 0 Å². The van der Waals surface area contributed by atoms with Gasteiger partial charge in [0.05, 0.1) is 20.3 Å². The molecular formula is C16H25ClN2O3. The lowest BCUT2D eigenvalue weighted by atomic mass is 10.1. The molecule has 0 saturated carbocycles. The SMILES string of the molecule is COc1cc(C)c(CN(C)C(=O)C2CCCN2)cc1OC.Cl. The van der Waals surface area contributed by atoms with Crippen molar-refractivity contribution < 1.29 is 14.3 Å². The van der Waals surface area contributed by atoms with Gasteiger partial charge in [0.15, 0.2) is 11.5 Å². The van der Waals surface area contributed by atoms with E-state index < -0.39 is 0 Å². The molecule has 1 unspecified atom stereocenters. The van der Waals surface area contributed by atoms with Crippen LogP contribution >= 0.6 is 12.4 Å². The summed E-state index contributed by atoms with van der Waals surface area (Å²) >= 11 is 0. The largest absolute Gasteiger partial charge is 0.493 e. The van der Waals surface area contributed by atoms with Crippen molar-refractivity contribution in [1.29, 1.82) is 0 Å². The van der Waals surface area contributed by atoms with E-state index >= 15 is 0 Å². The second kappa shape index (κ2) is 8.25. The topological polar surface area (TPSA) is 50.8 Å². The second-order valence-electron chi connectivity index (χ2n) is 5.48. The maximum absolute atomic E-state index is 12.3. The Balaban J connectivity index is 0.00000242. The molecule has 0 radical (unpaired) electrons. The molecule has 124 valence electrons. The lowest BCUT2D eigenvalue weighted by Crippen LogP contribution is -2.41. The molecule has 0 spiro atoms. The molecule has 1 fully saturated rings. The first-order chi connectivity index (χ1) is 10.1. The fourth-order valence-electron chi connectivity index (χ4n) is 2.69. The van der Waals surface area contributed by atoms with E-state index in [0.717, 1.165) is 30.5 Å². The third-order valence-electron chi connectivity index (χ3n) is 3.98. The number of hydrogen-bond donors (Lipinski definition) is 1. The number of nitrogens with zero attached hydrogens (tertiary/aromatic N) is 1. The number of amides is 1. The number of carbonyl (C=O) groups excluding carboxylic acids is 1. The molecule has 1 atom stereocenters. The Hall–Kier alpha value is -1.46. The highest BCUT2D eigenvalue weighted by Crippen LogP contribution is 2.30. The number of aryl methyl sites for hydroxylation is 1. The smallest absolute Gasteiger partial charge is 0.239 e. The molecule has 0 aromatic heterocycles. The third-order valence-corrected chi connectivity index (χ3v) is 3.98. The molecule has 1 aromatic carbocycles. The fraction of sp³-hybridized carbons (Fsp3) is 0.562. The molecule has 1 saturated heterocycles. The van der Waals surface area contributed by atoms with Gasteiger partial charge in [-0.05, 0) is 49.6 Å². The molecule has 5 nitrogen and oxygen atoms in total. The van der Waals surface area contributed by atoms with E-state index in [9.17, 15) is 4.79 Å². The van der Waals surface area contributed by atoms with Gasteiger partial charge in [0.1, 0.15) is 0 Å². The highest BCUT2D eigenvalue weighted by molar-refractivity contribution is 5.85. The van der Waals surface area contributed by atoms with Crippen LogP contribution in [0.1, 0.15) is 24.0 Å². The lowest BCUT2D eigenvalue weighted by molar-refractivity contribution is -0.132. The van der Waals surface area contributed by atoms with Crippen LogP contribution in [-0.2, 0) is 11.3 Å². The Labute approximate surface area is 138 Å². The normalized spacial score (nSPS) is 16.8. The summed E-state index contributed by atoms with van der Waals surface area (Å²) in [6, 6.07) is 3.86. The van der Waals surface area contributed by atoms with Gasteiger partial charge in [0, 0.05) is 13.6 Å². The summed E-state index contributed by atoms with van der Waals surface area (Å²) in [5, 5.41) is 3.24. The summed E-state index contributed by atoms with van der Waals surface area (Å²) in [5.74, 6) is 1.56. The van der Waals surface area contributed by atoms with Crippen molar-refractivity contribution >= 4 is 18.3 Å². The number of rotatable bonds is 5. The highest BCUT2D eigenvalue weighted by Gasteiger charge is 2.25. The molecule has 1 heterocycles. The number of carbonyl (C=O) groups is 1. The average molecular weight is 329 g/mol. The van der Waals surface area contributed by atoms with Gasteiger partial charge in [0.2, 0.25) is 5.91 Å². The van der Waals surface area contributed by atoms with Gasteiger partial charge in [0.25, 0.3) is 0 Å². The van der Waals surface area contributed by atoms with Crippen LogP contribution < -0.4 is 14.8 Å². The predicted octanol–water partition coefficient (Wildman–Crippen LogP) is 2.14. The van der Waals surface area contributed by atoms with Crippen LogP contribution in [0.5, 0.6) is 11.5 Å². The molecule has 1 amide bonds. The zero-order chi connectivity index (χ0) is 15.4. The maximum Gasteiger partial charge on any atom is 0.239 e. The number of ether oxygens (including phenoxy) is 2. The monoisotopic (exact) mass is 328 g/mol. The van der Waals surface area contributed by atoms with Gasteiger partial charge in [-0.3, -0.25) is 4.79 Å². The first-order valence-electron chi connectivity index (χ1n) is 7.26. The molecule has 1 aromatic rings. The van der Waals surface area contributed by atoms with Crippen molar-refractivity contribution in [3.63, 3.8) is 0 Å². The highest BCUT2D eigenvalue weighted by atomic mass is 35.5. The van der Waals surface area contributed by atoms with E-state index in [-0.39, 0.29) is 24.4 Å². The van der Waals surface area contributed by atoms with Gasteiger partial charge in [-0.1, -0.05) is 0 Å². The molecule has 1 N–H and O–H groups in total. The number of halogens is 1. The Morgan fingerprint density at radius 1 is 1.32 bits per heavy atom. The van der Waals surface area contributed by atoms with E-state index in [1.165, 1.54) is 0 Å². The predicted molar refractivity (Wildman–Crippen MR) is 89.0 cm³/mol. The van der Waals surface area contributed by atoms with Crippen molar-refractivity contribution in [3.05, 3.63) is 23.3 Å². The van der Waals surface area contributed by atoms with Crippen LogP contribution in [0.25, 0.3) is 0 Å². The molecule has 0 bridgehead atoms. The minimum Gasteiger partial charge on any atom is -0.493 e. The lowest BCUT2D eigenvalue weighted by Gasteiger charge is -2.23. The number of nitrogens with one attached hydrogen (secondary N) is 1. The van der Waals surface area contributed by atoms with Crippen LogP contribution in [0.3, 0.4) is 0 Å². The quantitative estimate of drug-likeness (QED) is 0.899. The van der Waals surface area contributed by atoms with E-state index in [4.69, 9.17) is 9.47 Å². The zero-order valence-electron chi connectivity index (χ0n) is 13.6. The minimum atomic E-state index is -0.0320. The summed E-state index contributed by atoms with van der Waals surface area (Å²) in [7, 11) is 5.09. The van der Waals surface area contributed by atoms with Crippen molar-refractivity contribution in [1.82, 2.24) is 10.2 Å². The van der Waals surface area contributed by atoms with Gasteiger partial charge in [-0.15, -0.1) is 12.4 Å². The zero-order valence-corrected chi connectivity index (χ0v) is 14.5. The van der Waals surface area contributed by atoms with Crippen molar-refractivity contribution in [3.8, 4) is 11.5 Å². The van der Waals surface area contributed by atoms with Crippen LogP contribution in [0.2, 0.25) is 0 Å². The minimum absolute atomic E-state index is 0. The summed E-state index contributed by atoms with van der Waals surface area (Å²) in [4.78, 5) is 14.1. The summed E-state index contributed by atoms with van der Waals surface area (Å²) in [6.07, 6.45) is 1.99. The summed E-state index contributed by atoms with van der Waals surface area (Å²) < 4.78 is 10.6. The molecule has 1 aliphatic heterocycles.